The minimum absolute atomic E-state index is 0.122. The van der Waals surface area contributed by atoms with Crippen LogP contribution in [0.15, 0.2) is 36.4 Å². The number of hydrogen-bond acceptors (Lipinski definition) is 5. The zero-order valence-electron chi connectivity index (χ0n) is 15.6. The molecular formula is C20H25NO5. The molecule has 2 rings (SSSR count). The minimum Gasteiger partial charge on any atom is -0.493 e. The predicted molar refractivity (Wildman–Crippen MR) is 99.5 cm³/mol. The number of rotatable bonds is 9. The monoisotopic (exact) mass is 359 g/mol. The van der Waals surface area contributed by atoms with E-state index in [1.807, 2.05) is 31.2 Å². The van der Waals surface area contributed by atoms with Crippen molar-refractivity contribution in [1.29, 1.82) is 0 Å². The number of carbonyl (C=O) groups excluding carboxylic acids is 1. The molecule has 0 fully saturated rings. The van der Waals surface area contributed by atoms with Gasteiger partial charge < -0.3 is 24.3 Å². The normalized spacial score (nSPS) is 10.2. The third kappa shape index (κ3) is 5.05. The van der Waals surface area contributed by atoms with Crippen molar-refractivity contribution in [3.05, 3.63) is 47.5 Å². The van der Waals surface area contributed by atoms with Crippen molar-refractivity contribution in [2.24, 2.45) is 0 Å². The number of amides is 1. The van der Waals surface area contributed by atoms with Crippen molar-refractivity contribution in [3.63, 3.8) is 0 Å². The van der Waals surface area contributed by atoms with E-state index >= 15 is 0 Å². The molecule has 0 saturated heterocycles. The first kappa shape index (κ1) is 19.4. The van der Waals surface area contributed by atoms with Gasteiger partial charge in [-0.25, -0.2) is 0 Å². The fourth-order valence-electron chi connectivity index (χ4n) is 2.53. The first-order valence-corrected chi connectivity index (χ1v) is 8.33. The lowest BCUT2D eigenvalue weighted by Gasteiger charge is -2.15. The van der Waals surface area contributed by atoms with E-state index in [2.05, 4.69) is 5.32 Å². The average molecular weight is 359 g/mol. The summed E-state index contributed by atoms with van der Waals surface area (Å²) in [6.07, 6.45) is 0.175. The van der Waals surface area contributed by atoms with Gasteiger partial charge in [0.05, 0.1) is 34.3 Å². The van der Waals surface area contributed by atoms with Gasteiger partial charge in [-0.2, -0.15) is 0 Å². The van der Waals surface area contributed by atoms with Crippen LogP contribution >= 0.6 is 0 Å². The van der Waals surface area contributed by atoms with Crippen molar-refractivity contribution in [2.75, 3.05) is 34.5 Å². The van der Waals surface area contributed by atoms with Crippen molar-refractivity contribution in [1.82, 2.24) is 5.32 Å². The van der Waals surface area contributed by atoms with E-state index in [9.17, 15) is 4.79 Å². The van der Waals surface area contributed by atoms with Crippen LogP contribution in [0.2, 0.25) is 0 Å². The maximum absolute atomic E-state index is 12.2. The Bertz CT molecular complexity index is 728. The molecule has 0 bridgehead atoms. The fraction of sp³-hybridized carbons (Fsp3) is 0.350. The number of carbonyl (C=O) groups is 1. The Labute approximate surface area is 154 Å². The highest BCUT2D eigenvalue weighted by Gasteiger charge is 2.17. The SMILES string of the molecule is COc1ccc(CC(=O)NCCOc2ccc(C)cc2)c(OC)c1OC. The zero-order valence-corrected chi connectivity index (χ0v) is 15.6. The van der Waals surface area contributed by atoms with Crippen LogP contribution in [0, 0.1) is 6.92 Å². The Morgan fingerprint density at radius 3 is 2.23 bits per heavy atom. The molecule has 26 heavy (non-hydrogen) atoms. The lowest BCUT2D eigenvalue weighted by atomic mass is 10.1. The topological polar surface area (TPSA) is 66.0 Å². The lowest BCUT2D eigenvalue weighted by Crippen LogP contribution is -2.29. The van der Waals surface area contributed by atoms with E-state index in [1.54, 1.807) is 19.2 Å². The summed E-state index contributed by atoms with van der Waals surface area (Å²) in [6.45, 7) is 2.84. The van der Waals surface area contributed by atoms with E-state index in [1.165, 1.54) is 19.8 Å². The van der Waals surface area contributed by atoms with Crippen LogP contribution in [-0.4, -0.2) is 40.4 Å². The van der Waals surface area contributed by atoms with Gasteiger partial charge in [0, 0.05) is 5.56 Å². The molecule has 6 nitrogen and oxygen atoms in total. The molecule has 0 unspecified atom stereocenters. The Kier molecular flexibility index (Phi) is 7.14. The molecule has 0 aliphatic heterocycles. The quantitative estimate of drug-likeness (QED) is 0.698. The Morgan fingerprint density at radius 1 is 0.923 bits per heavy atom. The van der Waals surface area contributed by atoms with Crippen LogP contribution in [0.3, 0.4) is 0 Å². The minimum atomic E-state index is -0.122. The zero-order chi connectivity index (χ0) is 18.9. The molecule has 0 aliphatic rings. The summed E-state index contributed by atoms with van der Waals surface area (Å²) in [5.41, 5.74) is 1.90. The Hall–Kier alpha value is -2.89. The summed E-state index contributed by atoms with van der Waals surface area (Å²) in [6, 6.07) is 11.3. The molecule has 0 radical (unpaired) electrons. The number of methoxy groups -OCH3 is 3. The molecule has 0 aromatic heterocycles. The van der Waals surface area contributed by atoms with Crippen LogP contribution in [0.1, 0.15) is 11.1 Å². The van der Waals surface area contributed by atoms with E-state index in [-0.39, 0.29) is 12.3 Å². The second-order valence-corrected chi connectivity index (χ2v) is 5.68. The molecule has 0 heterocycles. The van der Waals surface area contributed by atoms with Crippen LogP contribution in [0.25, 0.3) is 0 Å². The maximum atomic E-state index is 12.2. The molecule has 1 amide bonds. The molecule has 0 spiro atoms. The van der Waals surface area contributed by atoms with Crippen molar-refractivity contribution in [2.45, 2.75) is 13.3 Å². The molecule has 2 aromatic rings. The van der Waals surface area contributed by atoms with Gasteiger partial charge >= 0.3 is 0 Å². The standard InChI is InChI=1S/C20H25NO5/c1-14-5-8-16(9-6-14)26-12-11-21-18(22)13-15-7-10-17(23-2)20(25-4)19(15)24-3/h5-10H,11-13H2,1-4H3,(H,21,22). The van der Waals surface area contributed by atoms with Gasteiger partial charge in [-0.3, -0.25) is 4.79 Å². The molecule has 6 heteroatoms. The molecular weight excluding hydrogens is 334 g/mol. The number of hydrogen-bond donors (Lipinski definition) is 1. The van der Waals surface area contributed by atoms with Gasteiger partial charge in [-0.1, -0.05) is 23.8 Å². The summed E-state index contributed by atoms with van der Waals surface area (Å²) in [5.74, 6) is 2.19. The summed E-state index contributed by atoms with van der Waals surface area (Å²) in [7, 11) is 4.62. The first-order valence-electron chi connectivity index (χ1n) is 8.33. The smallest absolute Gasteiger partial charge is 0.224 e. The molecule has 0 saturated carbocycles. The van der Waals surface area contributed by atoms with Crippen molar-refractivity contribution >= 4 is 5.91 Å². The summed E-state index contributed by atoms with van der Waals surface area (Å²) < 4.78 is 21.6. The molecule has 2 aromatic carbocycles. The second kappa shape index (κ2) is 9.56. The summed E-state index contributed by atoms with van der Waals surface area (Å²) in [5, 5.41) is 2.84. The first-order chi connectivity index (χ1) is 12.6. The van der Waals surface area contributed by atoms with E-state index in [0.717, 1.165) is 11.3 Å². The van der Waals surface area contributed by atoms with Crippen LogP contribution in [-0.2, 0) is 11.2 Å². The molecule has 1 N–H and O–H groups in total. The number of benzene rings is 2. The van der Waals surface area contributed by atoms with Crippen LogP contribution in [0.5, 0.6) is 23.0 Å². The van der Waals surface area contributed by atoms with Crippen LogP contribution < -0.4 is 24.3 Å². The summed E-state index contributed by atoms with van der Waals surface area (Å²) >= 11 is 0. The van der Waals surface area contributed by atoms with E-state index < -0.39 is 0 Å². The molecule has 0 atom stereocenters. The van der Waals surface area contributed by atoms with Crippen molar-refractivity contribution < 1.29 is 23.7 Å². The average Bonchev–Trinajstić information content (AvgIpc) is 2.66. The Balaban J connectivity index is 1.88. The van der Waals surface area contributed by atoms with Crippen LogP contribution in [0.4, 0.5) is 0 Å². The maximum Gasteiger partial charge on any atom is 0.224 e. The second-order valence-electron chi connectivity index (χ2n) is 5.68. The predicted octanol–water partition coefficient (Wildman–Crippen LogP) is 2.76. The summed E-state index contributed by atoms with van der Waals surface area (Å²) in [4.78, 5) is 12.2. The van der Waals surface area contributed by atoms with Crippen molar-refractivity contribution in [3.8, 4) is 23.0 Å². The van der Waals surface area contributed by atoms with Gasteiger partial charge in [-0.05, 0) is 25.1 Å². The number of nitrogens with one attached hydrogen (secondary N) is 1. The highest BCUT2D eigenvalue weighted by molar-refractivity contribution is 5.80. The van der Waals surface area contributed by atoms with Gasteiger partial charge in [0.1, 0.15) is 12.4 Å². The van der Waals surface area contributed by atoms with E-state index in [4.69, 9.17) is 18.9 Å². The van der Waals surface area contributed by atoms with E-state index in [0.29, 0.717) is 30.4 Å². The van der Waals surface area contributed by atoms with Gasteiger partial charge in [-0.15, -0.1) is 0 Å². The molecule has 140 valence electrons. The Morgan fingerprint density at radius 2 is 1.62 bits per heavy atom. The lowest BCUT2D eigenvalue weighted by molar-refractivity contribution is -0.120. The van der Waals surface area contributed by atoms with Gasteiger partial charge in [0.15, 0.2) is 11.5 Å². The third-order valence-corrected chi connectivity index (χ3v) is 3.85. The number of ether oxygens (including phenoxy) is 4. The highest BCUT2D eigenvalue weighted by atomic mass is 16.5. The van der Waals surface area contributed by atoms with Gasteiger partial charge in [0.25, 0.3) is 0 Å². The largest absolute Gasteiger partial charge is 0.493 e. The highest BCUT2D eigenvalue weighted by Crippen LogP contribution is 2.39. The fourth-order valence-corrected chi connectivity index (χ4v) is 2.53. The number of aryl methyl sites for hydroxylation is 1. The molecule has 0 aliphatic carbocycles. The third-order valence-electron chi connectivity index (χ3n) is 3.85. The van der Waals surface area contributed by atoms with Gasteiger partial charge in [0.2, 0.25) is 11.7 Å².